The Hall–Kier alpha value is -4.72. The minimum Gasteiger partial charge on any atom is -0.493 e. The van der Waals surface area contributed by atoms with Crippen LogP contribution in [0.15, 0.2) is 64.9 Å². The first-order chi connectivity index (χ1) is 19.3. The lowest BCUT2D eigenvalue weighted by atomic mass is 10.2. The highest BCUT2D eigenvalue weighted by Gasteiger charge is 2.24. The van der Waals surface area contributed by atoms with E-state index in [1.165, 1.54) is 0 Å². The van der Waals surface area contributed by atoms with Crippen LogP contribution in [0, 0.1) is 24.2 Å². The van der Waals surface area contributed by atoms with E-state index in [1.54, 1.807) is 56.8 Å². The maximum absolute atomic E-state index is 10.1. The van der Waals surface area contributed by atoms with Crippen molar-refractivity contribution in [3.05, 3.63) is 54.9 Å². The summed E-state index contributed by atoms with van der Waals surface area (Å²) in [6.45, 7) is 6.96. The number of nitrogens with one attached hydrogen (secondary N) is 3. The number of carbonyl (C=O) groups excluding carboxylic acids is 1. The van der Waals surface area contributed by atoms with Crippen molar-refractivity contribution in [1.29, 1.82) is 5.41 Å². The number of methoxy groups -OCH3 is 2. The molecule has 2 aliphatic rings. The molecule has 40 heavy (non-hydrogen) atoms. The number of nitrogens with two attached hydrogens (primary N) is 2. The summed E-state index contributed by atoms with van der Waals surface area (Å²) in [4.78, 5) is 20.9. The third kappa shape index (κ3) is 11.8. The second-order valence-corrected chi connectivity index (χ2v) is 8.80. The van der Waals surface area contributed by atoms with Gasteiger partial charge in [-0.05, 0) is 69.0 Å². The molecule has 0 spiro atoms. The number of nitrogens with zero attached hydrogens (tertiary/aromatic N) is 3. The zero-order valence-electron chi connectivity index (χ0n) is 23.6. The zero-order chi connectivity index (χ0) is 29.9. The Morgan fingerprint density at radius 1 is 1.20 bits per heavy atom. The van der Waals surface area contributed by atoms with E-state index in [0.717, 1.165) is 37.9 Å². The van der Waals surface area contributed by atoms with Gasteiger partial charge in [0.1, 0.15) is 5.84 Å². The topological polar surface area (TPSA) is 163 Å². The Morgan fingerprint density at radius 2 is 1.90 bits per heavy atom. The molecule has 0 unspecified atom stereocenters. The number of hydrogen-bond donors (Lipinski definition) is 5. The van der Waals surface area contributed by atoms with Crippen molar-refractivity contribution in [1.82, 2.24) is 10.2 Å². The predicted molar refractivity (Wildman–Crippen MR) is 164 cm³/mol. The molecule has 1 aliphatic heterocycles. The number of carbonyl (C=O) groups is 1. The average Bonchev–Trinajstić information content (AvgIpc) is 3.72. The third-order valence-corrected chi connectivity index (χ3v) is 5.90. The van der Waals surface area contributed by atoms with Crippen molar-refractivity contribution in [2.45, 2.75) is 38.6 Å². The maximum Gasteiger partial charge on any atom is 0.219 e. The summed E-state index contributed by atoms with van der Waals surface area (Å²) in [6.07, 6.45) is 19.9. The number of terminal acetylenes is 1. The molecule has 2 fully saturated rings. The van der Waals surface area contributed by atoms with Gasteiger partial charge in [0.2, 0.25) is 12.4 Å². The summed E-state index contributed by atoms with van der Waals surface area (Å²) < 4.78 is 10.1. The molecule has 1 saturated carbocycles. The van der Waals surface area contributed by atoms with Gasteiger partial charge in [-0.2, -0.15) is 4.99 Å². The van der Waals surface area contributed by atoms with Crippen LogP contribution in [0.1, 0.15) is 32.6 Å². The van der Waals surface area contributed by atoms with E-state index in [0.29, 0.717) is 53.8 Å². The second-order valence-electron chi connectivity index (χ2n) is 8.80. The lowest BCUT2D eigenvalue weighted by Crippen LogP contribution is -2.33. The fourth-order valence-electron chi connectivity index (χ4n) is 3.71. The number of ether oxygens (including phenoxy) is 2. The SMILES string of the molecule is C#C.C=C/C=C\NCC(/N=C(N)/C=C(\N)C1CC1)=N\C(=N)N1CCC[C@@H]1C.COc1ccc(NC=O)cc1OC. The van der Waals surface area contributed by atoms with E-state index >= 15 is 0 Å². The fraction of sp³-hybridized carbons (Fsp3) is 0.379. The van der Waals surface area contributed by atoms with Gasteiger partial charge in [-0.3, -0.25) is 10.2 Å². The van der Waals surface area contributed by atoms with Crippen LogP contribution < -0.4 is 31.6 Å². The largest absolute Gasteiger partial charge is 0.493 e. The summed E-state index contributed by atoms with van der Waals surface area (Å²) >= 11 is 0. The van der Waals surface area contributed by atoms with Gasteiger partial charge in [0.25, 0.3) is 0 Å². The van der Waals surface area contributed by atoms with Crippen molar-refractivity contribution in [3.63, 3.8) is 0 Å². The Kier molecular flexibility index (Phi) is 15.4. The first kappa shape index (κ1) is 33.3. The van der Waals surface area contributed by atoms with Gasteiger partial charge in [-0.1, -0.05) is 12.7 Å². The highest BCUT2D eigenvalue weighted by molar-refractivity contribution is 6.06. The lowest BCUT2D eigenvalue weighted by Gasteiger charge is -2.21. The van der Waals surface area contributed by atoms with Crippen molar-refractivity contribution in [2.75, 3.05) is 32.6 Å². The molecule has 3 rings (SSSR count). The standard InChI is InChI=1S/C18H29N7.C9H11NO3.C2H2/c1-3-4-9-22-12-17(23-16(20)11-15(19)14-7-8-14)24-18(21)25-10-5-6-13(25)2;1-12-8-4-3-7(10-6-11)5-9(8)13-2;1-2/h3-4,9,11,13-14,22H,1,5-8,10,12,19H2,2H3,(H3,20,21,23,24);3-6H,1-2H3,(H,10,11);1-2H/b9-4-,15-11-;;/t13-;;/m0../s1. The number of amidine groups is 2. The van der Waals surface area contributed by atoms with E-state index in [-0.39, 0.29) is 5.96 Å². The molecule has 0 bridgehead atoms. The Labute approximate surface area is 237 Å². The van der Waals surface area contributed by atoms with Crippen LogP contribution in [0.3, 0.4) is 0 Å². The number of rotatable bonds is 10. The summed E-state index contributed by atoms with van der Waals surface area (Å²) in [7, 11) is 3.10. The fourth-order valence-corrected chi connectivity index (χ4v) is 3.71. The average molecular weight is 551 g/mol. The molecular weight excluding hydrogens is 508 g/mol. The maximum atomic E-state index is 10.1. The highest BCUT2D eigenvalue weighted by atomic mass is 16.5. The van der Waals surface area contributed by atoms with Crippen molar-refractivity contribution < 1.29 is 14.3 Å². The molecule has 1 aromatic carbocycles. The van der Waals surface area contributed by atoms with Gasteiger partial charge in [-0.15, -0.1) is 12.8 Å². The van der Waals surface area contributed by atoms with Crippen LogP contribution in [-0.4, -0.2) is 62.3 Å². The molecule has 1 saturated heterocycles. The van der Waals surface area contributed by atoms with Crippen LogP contribution in [-0.2, 0) is 4.79 Å². The number of anilines is 1. The Balaban J connectivity index is 0.000000448. The first-order valence-corrected chi connectivity index (χ1v) is 12.8. The summed E-state index contributed by atoms with van der Waals surface area (Å²) in [5, 5.41) is 13.8. The lowest BCUT2D eigenvalue weighted by molar-refractivity contribution is -0.105. The first-order valence-electron chi connectivity index (χ1n) is 12.8. The summed E-state index contributed by atoms with van der Waals surface area (Å²) in [5.74, 6) is 2.67. The van der Waals surface area contributed by atoms with E-state index in [9.17, 15) is 4.79 Å². The zero-order valence-corrected chi connectivity index (χ0v) is 23.6. The Bertz CT molecular complexity index is 1120. The summed E-state index contributed by atoms with van der Waals surface area (Å²) in [6, 6.07) is 5.48. The van der Waals surface area contributed by atoms with Gasteiger partial charge in [-0.25, -0.2) is 4.99 Å². The smallest absolute Gasteiger partial charge is 0.219 e. The van der Waals surface area contributed by atoms with Gasteiger partial charge in [0.05, 0.1) is 20.8 Å². The van der Waals surface area contributed by atoms with Gasteiger partial charge in [0.15, 0.2) is 17.3 Å². The van der Waals surface area contributed by atoms with Gasteiger partial charge in [0, 0.05) is 30.0 Å². The molecular formula is C29H42N8O3. The minimum atomic E-state index is 0.227. The van der Waals surface area contributed by atoms with Crippen LogP contribution in [0.25, 0.3) is 0 Å². The highest BCUT2D eigenvalue weighted by Crippen LogP contribution is 2.33. The van der Waals surface area contributed by atoms with Crippen molar-refractivity contribution in [3.8, 4) is 24.3 Å². The molecule has 1 amide bonds. The molecule has 1 atom stereocenters. The van der Waals surface area contributed by atoms with Crippen molar-refractivity contribution in [2.24, 2.45) is 27.4 Å². The van der Waals surface area contributed by atoms with Gasteiger partial charge >= 0.3 is 0 Å². The molecule has 11 heteroatoms. The number of guanidine groups is 1. The second kappa shape index (κ2) is 18.5. The number of benzene rings is 1. The molecule has 11 nitrogen and oxygen atoms in total. The van der Waals surface area contributed by atoms with E-state index in [1.807, 2.05) is 4.90 Å². The summed E-state index contributed by atoms with van der Waals surface area (Å²) in [5.41, 5.74) is 13.4. The van der Waals surface area contributed by atoms with E-state index < -0.39 is 0 Å². The quantitative estimate of drug-likeness (QED) is 0.0981. The molecule has 1 aliphatic carbocycles. The van der Waals surface area contributed by atoms with Crippen molar-refractivity contribution >= 4 is 29.7 Å². The van der Waals surface area contributed by atoms with Crippen LogP contribution in [0.5, 0.6) is 11.5 Å². The molecule has 0 aromatic heterocycles. The number of aliphatic imine (C=N–C) groups is 2. The number of likely N-dealkylation sites (tertiary alicyclic amines) is 1. The Morgan fingerprint density at radius 3 is 2.45 bits per heavy atom. The van der Waals surface area contributed by atoms with Crippen LogP contribution in [0.2, 0.25) is 0 Å². The van der Waals surface area contributed by atoms with Gasteiger partial charge < -0.3 is 36.5 Å². The number of hydrogen-bond acceptors (Lipinski definition) is 6. The van der Waals surface area contributed by atoms with E-state index in [2.05, 4.69) is 47.0 Å². The van der Waals surface area contributed by atoms with Crippen LogP contribution >= 0.6 is 0 Å². The minimum absolute atomic E-state index is 0.227. The third-order valence-electron chi connectivity index (χ3n) is 5.90. The molecule has 0 radical (unpaired) electrons. The number of allylic oxidation sites excluding steroid dienone is 3. The molecule has 1 heterocycles. The molecule has 1 aromatic rings. The normalized spacial score (nSPS) is 17.1. The molecule has 7 N–H and O–H groups in total. The predicted octanol–water partition coefficient (Wildman–Crippen LogP) is 3.22. The van der Waals surface area contributed by atoms with E-state index in [4.69, 9.17) is 26.4 Å². The molecule has 216 valence electrons. The monoisotopic (exact) mass is 550 g/mol. The van der Waals surface area contributed by atoms with Crippen LogP contribution in [0.4, 0.5) is 5.69 Å². The number of amides is 1.